The van der Waals surface area contributed by atoms with Crippen LogP contribution < -0.4 is 4.74 Å². The van der Waals surface area contributed by atoms with Gasteiger partial charge in [-0.05, 0) is 30.7 Å². The fraction of sp³-hybridized carbons (Fsp3) is 0.125. The van der Waals surface area contributed by atoms with Crippen LogP contribution in [0.2, 0.25) is 10.0 Å². The molecule has 0 aliphatic carbocycles. The summed E-state index contributed by atoms with van der Waals surface area (Å²) < 4.78 is 5.63. The molecule has 3 aromatic rings. The molecule has 22 heavy (non-hydrogen) atoms. The van der Waals surface area contributed by atoms with Crippen molar-refractivity contribution in [3.8, 4) is 17.1 Å². The largest absolute Gasteiger partial charge is 0.484 e. The number of nitrogens with zero attached hydrogens (tertiary/aromatic N) is 2. The Balaban J connectivity index is 1.74. The van der Waals surface area contributed by atoms with E-state index in [2.05, 4.69) is 15.2 Å². The maximum absolute atomic E-state index is 6.06. The number of benzene rings is 2. The molecule has 6 heteroatoms. The van der Waals surface area contributed by atoms with Crippen molar-refractivity contribution in [2.75, 3.05) is 0 Å². The van der Waals surface area contributed by atoms with Gasteiger partial charge < -0.3 is 4.74 Å². The molecule has 0 fully saturated rings. The van der Waals surface area contributed by atoms with E-state index < -0.39 is 0 Å². The van der Waals surface area contributed by atoms with E-state index in [1.807, 2.05) is 31.2 Å². The van der Waals surface area contributed by atoms with Gasteiger partial charge in [0.15, 0.2) is 11.6 Å². The Kier molecular flexibility index (Phi) is 4.32. The standard InChI is InChI=1S/C16H13Cl2N3O/c1-10-4-2-3-5-12(10)16-19-15(20-21-16)9-22-14-7-6-11(17)8-13(14)18/h2-8H,9H2,1H3,(H,19,20,21). The van der Waals surface area contributed by atoms with Crippen LogP contribution in [0.4, 0.5) is 0 Å². The summed E-state index contributed by atoms with van der Waals surface area (Å²) in [5.74, 6) is 1.84. The van der Waals surface area contributed by atoms with Gasteiger partial charge in [-0.15, -0.1) is 0 Å². The van der Waals surface area contributed by atoms with Crippen molar-refractivity contribution in [1.29, 1.82) is 0 Å². The Morgan fingerprint density at radius 3 is 2.73 bits per heavy atom. The second-order valence-corrected chi connectivity index (χ2v) is 5.63. The van der Waals surface area contributed by atoms with Gasteiger partial charge in [-0.2, -0.15) is 5.10 Å². The zero-order chi connectivity index (χ0) is 15.5. The highest BCUT2D eigenvalue weighted by Crippen LogP contribution is 2.28. The number of H-pyrrole nitrogens is 1. The van der Waals surface area contributed by atoms with E-state index in [9.17, 15) is 0 Å². The van der Waals surface area contributed by atoms with Gasteiger partial charge in [-0.3, -0.25) is 5.10 Å². The van der Waals surface area contributed by atoms with Gasteiger partial charge in [-0.25, -0.2) is 4.98 Å². The zero-order valence-corrected chi connectivity index (χ0v) is 13.3. The van der Waals surface area contributed by atoms with E-state index >= 15 is 0 Å². The Morgan fingerprint density at radius 1 is 1.14 bits per heavy atom. The molecule has 0 saturated heterocycles. The minimum Gasteiger partial charge on any atom is -0.484 e. The summed E-state index contributed by atoms with van der Waals surface area (Å²) in [6, 6.07) is 13.0. The number of aryl methyl sites for hydroxylation is 1. The molecule has 0 amide bonds. The van der Waals surface area contributed by atoms with Crippen LogP contribution in [-0.2, 0) is 6.61 Å². The van der Waals surface area contributed by atoms with Gasteiger partial charge >= 0.3 is 0 Å². The van der Waals surface area contributed by atoms with Gasteiger partial charge in [0.1, 0.15) is 12.4 Å². The second-order valence-electron chi connectivity index (χ2n) is 4.78. The Bertz CT molecular complexity index is 802. The third-order valence-electron chi connectivity index (χ3n) is 3.18. The lowest BCUT2D eigenvalue weighted by Gasteiger charge is -2.06. The third-order valence-corrected chi connectivity index (χ3v) is 3.71. The molecule has 1 aromatic heterocycles. The van der Waals surface area contributed by atoms with Crippen LogP contribution in [0.3, 0.4) is 0 Å². The van der Waals surface area contributed by atoms with Gasteiger partial charge in [-0.1, -0.05) is 47.5 Å². The lowest BCUT2D eigenvalue weighted by molar-refractivity contribution is 0.296. The van der Waals surface area contributed by atoms with Crippen molar-refractivity contribution in [3.63, 3.8) is 0 Å². The minimum atomic E-state index is 0.250. The van der Waals surface area contributed by atoms with Crippen molar-refractivity contribution in [2.45, 2.75) is 13.5 Å². The van der Waals surface area contributed by atoms with E-state index in [4.69, 9.17) is 27.9 Å². The Morgan fingerprint density at radius 2 is 1.95 bits per heavy atom. The number of aromatic nitrogens is 3. The van der Waals surface area contributed by atoms with Crippen LogP contribution in [0.15, 0.2) is 42.5 Å². The van der Waals surface area contributed by atoms with E-state index in [-0.39, 0.29) is 6.61 Å². The minimum absolute atomic E-state index is 0.250. The van der Waals surface area contributed by atoms with Gasteiger partial charge in [0.2, 0.25) is 0 Å². The molecule has 0 unspecified atom stereocenters. The lowest BCUT2D eigenvalue weighted by Crippen LogP contribution is -1.98. The van der Waals surface area contributed by atoms with Crippen LogP contribution >= 0.6 is 23.2 Å². The molecule has 0 radical (unpaired) electrons. The SMILES string of the molecule is Cc1ccccc1-c1n[nH]c(COc2ccc(Cl)cc2Cl)n1. The molecule has 2 aromatic carbocycles. The van der Waals surface area contributed by atoms with Crippen LogP contribution in [-0.4, -0.2) is 15.2 Å². The first kappa shape index (κ1) is 14.9. The predicted octanol–water partition coefficient (Wildman–Crippen LogP) is 4.67. The summed E-state index contributed by atoms with van der Waals surface area (Å²) in [5, 5.41) is 8.14. The van der Waals surface area contributed by atoms with Crippen molar-refractivity contribution in [1.82, 2.24) is 15.2 Å². The quantitative estimate of drug-likeness (QED) is 0.754. The molecule has 0 atom stereocenters. The average molecular weight is 334 g/mol. The molecule has 0 aliphatic heterocycles. The van der Waals surface area contributed by atoms with E-state index in [1.54, 1.807) is 18.2 Å². The number of hydrogen-bond acceptors (Lipinski definition) is 3. The fourth-order valence-electron chi connectivity index (χ4n) is 2.04. The fourth-order valence-corrected chi connectivity index (χ4v) is 2.51. The zero-order valence-electron chi connectivity index (χ0n) is 11.8. The summed E-state index contributed by atoms with van der Waals surface area (Å²) in [7, 11) is 0. The molecule has 112 valence electrons. The summed E-state index contributed by atoms with van der Waals surface area (Å²) in [5.41, 5.74) is 2.12. The molecule has 1 heterocycles. The number of rotatable bonds is 4. The number of halogens is 2. The van der Waals surface area contributed by atoms with E-state index in [1.165, 1.54) is 0 Å². The van der Waals surface area contributed by atoms with Gasteiger partial charge in [0, 0.05) is 10.6 Å². The average Bonchev–Trinajstić information content (AvgIpc) is 2.95. The monoisotopic (exact) mass is 333 g/mol. The predicted molar refractivity (Wildman–Crippen MR) is 87.3 cm³/mol. The van der Waals surface area contributed by atoms with E-state index in [0.717, 1.165) is 11.1 Å². The first-order chi connectivity index (χ1) is 10.6. The van der Waals surface area contributed by atoms with Crippen molar-refractivity contribution in [3.05, 3.63) is 63.9 Å². The summed E-state index contributed by atoms with van der Waals surface area (Å²) in [6.45, 7) is 2.27. The summed E-state index contributed by atoms with van der Waals surface area (Å²) >= 11 is 11.9. The third kappa shape index (κ3) is 3.24. The van der Waals surface area contributed by atoms with Crippen molar-refractivity contribution >= 4 is 23.2 Å². The van der Waals surface area contributed by atoms with Crippen molar-refractivity contribution < 1.29 is 4.74 Å². The maximum atomic E-state index is 6.06. The Hall–Kier alpha value is -2.04. The van der Waals surface area contributed by atoms with E-state index in [0.29, 0.717) is 27.4 Å². The van der Waals surface area contributed by atoms with Gasteiger partial charge in [0.05, 0.1) is 5.02 Å². The highest BCUT2D eigenvalue weighted by Gasteiger charge is 2.09. The maximum Gasteiger partial charge on any atom is 0.181 e. The molecule has 0 saturated carbocycles. The summed E-state index contributed by atoms with van der Waals surface area (Å²) in [6.07, 6.45) is 0. The summed E-state index contributed by atoms with van der Waals surface area (Å²) in [4.78, 5) is 4.44. The number of ether oxygens (including phenoxy) is 1. The molecule has 0 bridgehead atoms. The number of hydrogen-bond donors (Lipinski definition) is 1. The molecular weight excluding hydrogens is 321 g/mol. The molecule has 0 aliphatic rings. The van der Waals surface area contributed by atoms with Crippen molar-refractivity contribution in [2.24, 2.45) is 0 Å². The highest BCUT2D eigenvalue weighted by atomic mass is 35.5. The van der Waals surface area contributed by atoms with Gasteiger partial charge in [0.25, 0.3) is 0 Å². The molecule has 3 rings (SSSR count). The first-order valence-electron chi connectivity index (χ1n) is 6.68. The Labute approximate surface area is 138 Å². The second kappa shape index (κ2) is 6.38. The molecular formula is C16H13Cl2N3O. The topological polar surface area (TPSA) is 50.8 Å². The van der Waals surface area contributed by atoms with Crippen LogP contribution in [0.25, 0.3) is 11.4 Å². The highest BCUT2D eigenvalue weighted by molar-refractivity contribution is 6.35. The normalized spacial score (nSPS) is 10.7. The smallest absolute Gasteiger partial charge is 0.181 e. The van der Waals surface area contributed by atoms with Crippen LogP contribution in [0, 0.1) is 6.92 Å². The molecule has 4 nitrogen and oxygen atoms in total. The molecule has 1 N–H and O–H groups in total. The number of aromatic amines is 1. The number of nitrogens with one attached hydrogen (secondary N) is 1. The molecule has 0 spiro atoms. The van der Waals surface area contributed by atoms with Crippen LogP contribution in [0.1, 0.15) is 11.4 Å². The van der Waals surface area contributed by atoms with Crippen LogP contribution in [0.5, 0.6) is 5.75 Å². The first-order valence-corrected chi connectivity index (χ1v) is 7.44. The lowest BCUT2D eigenvalue weighted by atomic mass is 10.1.